The maximum absolute atomic E-state index is 14.9. The molecule has 0 aliphatic rings. The van der Waals surface area contributed by atoms with Crippen LogP contribution in [0.25, 0.3) is 22.3 Å². The molecule has 0 unspecified atom stereocenters. The van der Waals surface area contributed by atoms with E-state index in [1.54, 1.807) is 61.5 Å². The average Bonchev–Trinajstić information content (AvgIpc) is 2.85. The molecule has 0 fully saturated rings. The SMILES string of the molecule is C=C(/C=C(/F)C(=C)OCc1ccc(-c2ccc(-c3ccc(OC)cc3)c(F)c2F)cc1)OCC. The molecule has 3 rings (SSSR count). The minimum atomic E-state index is -0.938. The lowest BCUT2D eigenvalue weighted by molar-refractivity contribution is 0.195. The molecule has 0 atom stereocenters. The van der Waals surface area contributed by atoms with Crippen LogP contribution in [0.15, 0.2) is 97.2 Å². The largest absolute Gasteiger partial charge is 0.497 e. The molecule has 0 radical (unpaired) electrons. The molecule has 0 bridgehead atoms. The van der Waals surface area contributed by atoms with E-state index in [9.17, 15) is 13.2 Å². The van der Waals surface area contributed by atoms with Crippen molar-refractivity contribution < 1.29 is 27.4 Å². The van der Waals surface area contributed by atoms with Gasteiger partial charge in [-0.3, -0.25) is 0 Å². The Balaban J connectivity index is 1.71. The topological polar surface area (TPSA) is 27.7 Å². The van der Waals surface area contributed by atoms with Crippen molar-refractivity contribution in [3.05, 3.63) is 114 Å². The lowest BCUT2D eigenvalue weighted by atomic mass is 9.98. The molecule has 0 N–H and O–H groups in total. The Bertz CT molecular complexity index is 1200. The molecule has 0 heterocycles. The van der Waals surface area contributed by atoms with Crippen molar-refractivity contribution in [1.29, 1.82) is 0 Å². The van der Waals surface area contributed by atoms with Gasteiger partial charge in [-0.2, -0.15) is 0 Å². The van der Waals surface area contributed by atoms with Gasteiger partial charge in [-0.25, -0.2) is 13.2 Å². The monoisotopic (exact) mass is 466 g/mol. The van der Waals surface area contributed by atoms with Gasteiger partial charge in [0.1, 0.15) is 23.9 Å². The number of allylic oxidation sites excluding steroid dienone is 2. The Morgan fingerprint density at radius 2 is 1.35 bits per heavy atom. The molecule has 0 aromatic heterocycles. The third kappa shape index (κ3) is 5.90. The number of benzene rings is 3. The first-order valence-electron chi connectivity index (χ1n) is 10.6. The fourth-order valence-corrected chi connectivity index (χ4v) is 3.23. The van der Waals surface area contributed by atoms with E-state index >= 15 is 0 Å². The molecule has 3 nitrogen and oxygen atoms in total. The van der Waals surface area contributed by atoms with Crippen molar-refractivity contribution in [2.24, 2.45) is 0 Å². The molecule has 34 heavy (non-hydrogen) atoms. The van der Waals surface area contributed by atoms with E-state index < -0.39 is 17.5 Å². The summed E-state index contributed by atoms with van der Waals surface area (Å²) in [5, 5.41) is 0. The number of halogens is 3. The Kier molecular flexibility index (Phi) is 8.19. The van der Waals surface area contributed by atoms with Crippen LogP contribution >= 0.6 is 0 Å². The standard InChI is InChI=1S/C28H25F3O3/c1-5-33-18(2)16-26(29)19(3)34-17-20-6-8-21(9-7-20)24-14-15-25(28(31)27(24)30)22-10-12-23(32-4)13-11-22/h6-16H,2-3,5,17H2,1,4H3/b26-16+. The zero-order valence-electron chi connectivity index (χ0n) is 19.0. The van der Waals surface area contributed by atoms with Crippen molar-refractivity contribution in [3.63, 3.8) is 0 Å². The molecular weight excluding hydrogens is 441 g/mol. The number of hydrogen-bond donors (Lipinski definition) is 0. The van der Waals surface area contributed by atoms with Gasteiger partial charge < -0.3 is 14.2 Å². The summed E-state index contributed by atoms with van der Waals surface area (Å²) in [6.45, 7) is 9.31. The van der Waals surface area contributed by atoms with Gasteiger partial charge >= 0.3 is 0 Å². The molecule has 0 amide bonds. The maximum Gasteiger partial charge on any atom is 0.168 e. The second-order valence-electron chi connectivity index (χ2n) is 7.32. The molecule has 0 saturated carbocycles. The highest BCUT2D eigenvalue weighted by molar-refractivity contribution is 5.72. The van der Waals surface area contributed by atoms with E-state index in [0.717, 1.165) is 6.08 Å². The lowest BCUT2D eigenvalue weighted by Gasteiger charge is -2.11. The van der Waals surface area contributed by atoms with Crippen LogP contribution in [0, 0.1) is 11.6 Å². The van der Waals surface area contributed by atoms with Crippen LogP contribution in [0.1, 0.15) is 12.5 Å². The van der Waals surface area contributed by atoms with Crippen LogP contribution in [0.3, 0.4) is 0 Å². The van der Waals surface area contributed by atoms with Gasteiger partial charge in [-0.1, -0.05) is 61.7 Å². The third-order valence-corrected chi connectivity index (χ3v) is 5.05. The van der Waals surface area contributed by atoms with Gasteiger partial charge in [0.2, 0.25) is 0 Å². The van der Waals surface area contributed by atoms with Crippen molar-refractivity contribution in [1.82, 2.24) is 0 Å². The van der Waals surface area contributed by atoms with E-state index in [1.807, 2.05) is 0 Å². The Morgan fingerprint density at radius 3 is 1.85 bits per heavy atom. The molecule has 6 heteroatoms. The summed E-state index contributed by atoms with van der Waals surface area (Å²) in [5.74, 6) is -1.92. The van der Waals surface area contributed by atoms with Crippen LogP contribution in [0.2, 0.25) is 0 Å². The summed E-state index contributed by atoms with van der Waals surface area (Å²) < 4.78 is 59.3. The van der Waals surface area contributed by atoms with Crippen LogP contribution in [0.4, 0.5) is 13.2 Å². The fraction of sp³-hybridized carbons (Fsp3) is 0.143. The van der Waals surface area contributed by atoms with Crippen molar-refractivity contribution >= 4 is 0 Å². The maximum atomic E-state index is 14.9. The van der Waals surface area contributed by atoms with Crippen molar-refractivity contribution in [3.8, 4) is 28.0 Å². The molecule has 3 aromatic carbocycles. The summed E-state index contributed by atoms with van der Waals surface area (Å²) in [7, 11) is 1.54. The first kappa shape index (κ1) is 24.7. The molecule has 0 spiro atoms. The highest BCUT2D eigenvalue weighted by Gasteiger charge is 2.16. The highest BCUT2D eigenvalue weighted by atomic mass is 19.2. The normalized spacial score (nSPS) is 11.1. The van der Waals surface area contributed by atoms with Crippen molar-refractivity contribution in [2.45, 2.75) is 13.5 Å². The van der Waals surface area contributed by atoms with Gasteiger partial charge in [-0.05, 0) is 35.7 Å². The van der Waals surface area contributed by atoms with E-state index in [2.05, 4.69) is 13.2 Å². The summed E-state index contributed by atoms with van der Waals surface area (Å²) in [5.41, 5.74) is 2.04. The predicted molar refractivity (Wildman–Crippen MR) is 128 cm³/mol. The van der Waals surface area contributed by atoms with E-state index in [0.29, 0.717) is 29.0 Å². The first-order chi connectivity index (χ1) is 16.3. The fourth-order valence-electron chi connectivity index (χ4n) is 3.23. The van der Waals surface area contributed by atoms with Crippen molar-refractivity contribution in [2.75, 3.05) is 13.7 Å². The van der Waals surface area contributed by atoms with E-state index in [1.165, 1.54) is 13.2 Å². The quantitative estimate of drug-likeness (QED) is 0.226. The van der Waals surface area contributed by atoms with Gasteiger partial charge in [-0.15, -0.1) is 0 Å². The summed E-state index contributed by atoms with van der Waals surface area (Å²) in [6.07, 6.45) is 1.10. The van der Waals surface area contributed by atoms with Gasteiger partial charge in [0, 0.05) is 17.2 Å². The first-order valence-corrected chi connectivity index (χ1v) is 10.6. The smallest absolute Gasteiger partial charge is 0.168 e. The summed E-state index contributed by atoms with van der Waals surface area (Å²) in [4.78, 5) is 0. The number of methoxy groups -OCH3 is 1. The van der Waals surface area contributed by atoms with Crippen LogP contribution in [-0.2, 0) is 16.1 Å². The summed E-state index contributed by atoms with van der Waals surface area (Å²) in [6, 6.07) is 16.5. The number of rotatable bonds is 10. The zero-order chi connectivity index (χ0) is 24.7. The molecule has 3 aromatic rings. The Morgan fingerprint density at radius 1 is 0.824 bits per heavy atom. The third-order valence-electron chi connectivity index (χ3n) is 5.05. The minimum Gasteiger partial charge on any atom is -0.497 e. The number of ether oxygens (including phenoxy) is 3. The molecule has 0 aliphatic heterocycles. The van der Waals surface area contributed by atoms with Gasteiger partial charge in [0.25, 0.3) is 0 Å². The van der Waals surface area contributed by atoms with Crippen LogP contribution < -0.4 is 4.74 Å². The van der Waals surface area contributed by atoms with E-state index in [-0.39, 0.29) is 29.3 Å². The average molecular weight is 466 g/mol. The minimum absolute atomic E-state index is 0.0503. The van der Waals surface area contributed by atoms with Gasteiger partial charge in [0.05, 0.1) is 13.7 Å². The molecule has 0 aliphatic carbocycles. The van der Waals surface area contributed by atoms with E-state index in [4.69, 9.17) is 14.2 Å². The van der Waals surface area contributed by atoms with Gasteiger partial charge in [0.15, 0.2) is 17.5 Å². The summed E-state index contributed by atoms with van der Waals surface area (Å²) >= 11 is 0. The highest BCUT2D eigenvalue weighted by Crippen LogP contribution is 2.32. The molecule has 176 valence electrons. The lowest BCUT2D eigenvalue weighted by Crippen LogP contribution is -1.96. The second kappa shape index (κ2) is 11.3. The molecule has 0 saturated heterocycles. The van der Waals surface area contributed by atoms with Crippen LogP contribution in [-0.4, -0.2) is 13.7 Å². The number of hydrogen-bond acceptors (Lipinski definition) is 3. The second-order valence-corrected chi connectivity index (χ2v) is 7.32. The van der Waals surface area contributed by atoms with Crippen LogP contribution in [0.5, 0.6) is 5.75 Å². The molecular formula is C28H25F3O3. The predicted octanol–water partition coefficient (Wildman–Crippen LogP) is 7.74. The zero-order valence-corrected chi connectivity index (χ0v) is 19.0. The Hall–Kier alpha value is -3.93. The Labute approximate surface area is 197 Å².